The number of aromatic nitrogens is 2. The number of hydrogen-bond acceptors (Lipinski definition) is 5. The highest BCUT2D eigenvalue weighted by Crippen LogP contribution is 2.30. The van der Waals surface area contributed by atoms with Crippen molar-refractivity contribution in [3.05, 3.63) is 41.2 Å². The Morgan fingerprint density at radius 2 is 2.30 bits per heavy atom. The molecule has 2 amide bonds. The Hall–Kier alpha value is -2.28. The molecule has 0 aliphatic carbocycles. The minimum absolute atomic E-state index is 0.0140. The van der Waals surface area contributed by atoms with Crippen LogP contribution in [0.15, 0.2) is 29.9 Å². The second-order valence-electron chi connectivity index (χ2n) is 5.59. The predicted octanol–water partition coefficient (Wildman–Crippen LogP) is 2.52. The van der Waals surface area contributed by atoms with Gasteiger partial charge in [-0.25, -0.2) is 4.98 Å². The maximum atomic E-state index is 12.5. The summed E-state index contributed by atoms with van der Waals surface area (Å²) in [7, 11) is 0. The molecule has 3 heterocycles. The number of pyridine rings is 1. The summed E-state index contributed by atoms with van der Waals surface area (Å²) in [6.07, 6.45) is 5.21. The molecular formula is C16H18N4O2S. The van der Waals surface area contributed by atoms with Crippen LogP contribution in [-0.2, 0) is 4.79 Å². The number of carbonyl (C=O) groups excluding carboxylic acids is 2. The lowest BCUT2D eigenvalue weighted by molar-refractivity contribution is -0.114. The summed E-state index contributed by atoms with van der Waals surface area (Å²) in [5.41, 5.74) is 1.56. The molecule has 0 spiro atoms. The topological polar surface area (TPSA) is 75.2 Å². The van der Waals surface area contributed by atoms with Gasteiger partial charge in [0.25, 0.3) is 5.91 Å². The van der Waals surface area contributed by atoms with E-state index in [4.69, 9.17) is 0 Å². The van der Waals surface area contributed by atoms with Crippen molar-refractivity contribution in [3.8, 4) is 0 Å². The van der Waals surface area contributed by atoms with E-state index in [9.17, 15) is 9.59 Å². The first-order valence-corrected chi connectivity index (χ1v) is 8.44. The molecule has 2 aromatic heterocycles. The van der Waals surface area contributed by atoms with Crippen LogP contribution in [-0.4, -0.2) is 39.8 Å². The summed E-state index contributed by atoms with van der Waals surface area (Å²) >= 11 is 1.42. The van der Waals surface area contributed by atoms with Crippen LogP contribution >= 0.6 is 11.3 Å². The van der Waals surface area contributed by atoms with Gasteiger partial charge in [0, 0.05) is 43.7 Å². The van der Waals surface area contributed by atoms with Gasteiger partial charge in [0.15, 0.2) is 5.13 Å². The van der Waals surface area contributed by atoms with E-state index in [1.54, 1.807) is 24.5 Å². The third kappa shape index (κ3) is 3.73. The zero-order valence-electron chi connectivity index (χ0n) is 12.9. The van der Waals surface area contributed by atoms with Crippen molar-refractivity contribution in [3.63, 3.8) is 0 Å². The Balaban J connectivity index is 1.69. The number of likely N-dealkylation sites (tertiary alicyclic amines) is 1. The standard InChI is InChI=1S/C16H18N4O2S/c1-11(21)18-16-19-14(10-23-16)13-5-3-7-20(9-13)15(22)12-4-2-6-17-8-12/h2,4,6,8,10,13H,3,5,7,9H2,1H3,(H,18,19,21)/t13-/m0/s1. The Bertz CT molecular complexity index is 701. The van der Waals surface area contributed by atoms with E-state index >= 15 is 0 Å². The minimum Gasteiger partial charge on any atom is -0.338 e. The van der Waals surface area contributed by atoms with Crippen molar-refractivity contribution < 1.29 is 9.59 Å². The number of nitrogens with zero attached hydrogens (tertiary/aromatic N) is 3. The Morgan fingerprint density at radius 3 is 3.04 bits per heavy atom. The lowest BCUT2D eigenvalue weighted by Crippen LogP contribution is -2.39. The van der Waals surface area contributed by atoms with Gasteiger partial charge in [0.2, 0.25) is 5.91 Å². The number of carbonyl (C=O) groups is 2. The number of anilines is 1. The summed E-state index contributed by atoms with van der Waals surface area (Å²) < 4.78 is 0. The van der Waals surface area contributed by atoms with E-state index in [1.807, 2.05) is 10.3 Å². The third-order valence-electron chi connectivity index (χ3n) is 3.84. The maximum Gasteiger partial charge on any atom is 0.255 e. The normalized spacial score (nSPS) is 17.8. The number of piperidine rings is 1. The number of thiazole rings is 1. The van der Waals surface area contributed by atoms with Crippen LogP contribution in [0.3, 0.4) is 0 Å². The Labute approximate surface area is 138 Å². The average molecular weight is 330 g/mol. The van der Waals surface area contributed by atoms with Crippen molar-refractivity contribution in [1.82, 2.24) is 14.9 Å². The summed E-state index contributed by atoms with van der Waals surface area (Å²) in [5, 5.41) is 5.28. The fourth-order valence-electron chi connectivity index (χ4n) is 2.76. The van der Waals surface area contributed by atoms with Crippen molar-refractivity contribution in [1.29, 1.82) is 0 Å². The quantitative estimate of drug-likeness (QED) is 0.938. The molecule has 1 N–H and O–H groups in total. The summed E-state index contributed by atoms with van der Waals surface area (Å²) in [4.78, 5) is 34.0. The van der Waals surface area contributed by atoms with E-state index in [-0.39, 0.29) is 17.7 Å². The summed E-state index contributed by atoms with van der Waals surface area (Å²) in [6.45, 7) is 2.87. The van der Waals surface area contributed by atoms with Crippen LogP contribution in [0, 0.1) is 0 Å². The van der Waals surface area contributed by atoms with Crippen LogP contribution in [0.1, 0.15) is 41.7 Å². The number of rotatable bonds is 3. The van der Waals surface area contributed by atoms with Crippen molar-refractivity contribution in [2.45, 2.75) is 25.7 Å². The van der Waals surface area contributed by atoms with E-state index in [1.165, 1.54) is 18.3 Å². The highest BCUT2D eigenvalue weighted by Gasteiger charge is 2.27. The first kappa shape index (κ1) is 15.6. The SMILES string of the molecule is CC(=O)Nc1nc([C@H]2CCCN(C(=O)c3cccnc3)C2)cs1. The molecular weight excluding hydrogens is 312 g/mol. The van der Waals surface area contributed by atoms with Crippen LogP contribution in [0.4, 0.5) is 5.13 Å². The van der Waals surface area contributed by atoms with E-state index in [2.05, 4.69) is 15.3 Å². The van der Waals surface area contributed by atoms with Gasteiger partial charge in [0.05, 0.1) is 11.3 Å². The number of amides is 2. The van der Waals surface area contributed by atoms with Crippen LogP contribution in [0.25, 0.3) is 0 Å². The highest BCUT2D eigenvalue weighted by atomic mass is 32.1. The molecule has 1 fully saturated rings. The lowest BCUT2D eigenvalue weighted by Gasteiger charge is -2.32. The van der Waals surface area contributed by atoms with E-state index in [0.29, 0.717) is 17.2 Å². The molecule has 1 saturated heterocycles. The monoisotopic (exact) mass is 330 g/mol. The van der Waals surface area contributed by atoms with Gasteiger partial charge >= 0.3 is 0 Å². The fraction of sp³-hybridized carbons (Fsp3) is 0.375. The molecule has 1 aliphatic rings. The predicted molar refractivity (Wildman–Crippen MR) is 88.5 cm³/mol. The van der Waals surface area contributed by atoms with Crippen molar-refractivity contribution >= 4 is 28.3 Å². The zero-order chi connectivity index (χ0) is 16.2. The minimum atomic E-state index is -0.122. The van der Waals surface area contributed by atoms with Crippen LogP contribution < -0.4 is 5.32 Å². The van der Waals surface area contributed by atoms with Crippen LogP contribution in [0.2, 0.25) is 0 Å². The van der Waals surface area contributed by atoms with Gasteiger partial charge < -0.3 is 10.2 Å². The number of nitrogens with one attached hydrogen (secondary N) is 1. The van der Waals surface area contributed by atoms with Gasteiger partial charge in [-0.05, 0) is 25.0 Å². The first-order chi connectivity index (χ1) is 11.1. The van der Waals surface area contributed by atoms with E-state index < -0.39 is 0 Å². The second-order valence-corrected chi connectivity index (χ2v) is 6.45. The fourth-order valence-corrected chi connectivity index (χ4v) is 3.59. The zero-order valence-corrected chi connectivity index (χ0v) is 13.7. The third-order valence-corrected chi connectivity index (χ3v) is 4.62. The van der Waals surface area contributed by atoms with E-state index in [0.717, 1.165) is 25.1 Å². The van der Waals surface area contributed by atoms with Crippen LogP contribution in [0.5, 0.6) is 0 Å². The Kier molecular flexibility index (Phi) is 4.66. The van der Waals surface area contributed by atoms with Gasteiger partial charge in [-0.1, -0.05) is 0 Å². The molecule has 2 aromatic rings. The van der Waals surface area contributed by atoms with Gasteiger partial charge in [-0.15, -0.1) is 11.3 Å². The average Bonchev–Trinajstić information content (AvgIpc) is 3.03. The molecule has 1 atom stereocenters. The summed E-state index contributed by atoms with van der Waals surface area (Å²) in [5.74, 6) is 0.103. The summed E-state index contributed by atoms with van der Waals surface area (Å²) in [6, 6.07) is 3.56. The molecule has 6 nitrogen and oxygen atoms in total. The molecule has 7 heteroatoms. The van der Waals surface area contributed by atoms with Gasteiger partial charge in [-0.2, -0.15) is 0 Å². The molecule has 0 bridgehead atoms. The maximum absolute atomic E-state index is 12.5. The molecule has 23 heavy (non-hydrogen) atoms. The Morgan fingerprint density at radius 1 is 1.43 bits per heavy atom. The number of hydrogen-bond donors (Lipinski definition) is 1. The lowest BCUT2D eigenvalue weighted by atomic mass is 9.95. The van der Waals surface area contributed by atoms with Gasteiger partial charge in [-0.3, -0.25) is 14.6 Å². The molecule has 1 aliphatic heterocycles. The smallest absolute Gasteiger partial charge is 0.255 e. The molecule has 0 saturated carbocycles. The second kappa shape index (κ2) is 6.87. The first-order valence-electron chi connectivity index (χ1n) is 7.56. The van der Waals surface area contributed by atoms with Crippen molar-refractivity contribution in [2.24, 2.45) is 0 Å². The molecule has 3 rings (SSSR count). The molecule has 0 unspecified atom stereocenters. The van der Waals surface area contributed by atoms with Gasteiger partial charge in [0.1, 0.15) is 0 Å². The largest absolute Gasteiger partial charge is 0.338 e. The van der Waals surface area contributed by atoms with Crippen molar-refractivity contribution in [2.75, 3.05) is 18.4 Å². The highest BCUT2D eigenvalue weighted by molar-refractivity contribution is 7.13. The molecule has 0 radical (unpaired) electrons. The molecule has 120 valence electrons. The molecule has 0 aromatic carbocycles.